The first-order chi connectivity index (χ1) is 3.88. The van der Waals surface area contributed by atoms with Crippen molar-refractivity contribution in [2.24, 2.45) is 5.41 Å². The molecular weight excluding hydrogens is 114 g/mol. The third kappa shape index (κ3) is 0.590. The van der Waals surface area contributed by atoms with E-state index in [-0.39, 0.29) is 16.9 Å². The molecule has 1 rings (SSSR count). The Bertz CT molecular complexity index is 158. The van der Waals surface area contributed by atoms with E-state index in [2.05, 4.69) is 5.32 Å². The van der Waals surface area contributed by atoms with Crippen LogP contribution in [0.25, 0.3) is 0 Å². The quantitative estimate of drug-likeness (QED) is 0.482. The molecule has 0 atom stereocenters. The number of nitrogens with one attached hydrogen (secondary N) is 1. The van der Waals surface area contributed by atoms with Crippen LogP contribution in [0.4, 0.5) is 0 Å². The van der Waals surface area contributed by atoms with Gasteiger partial charge in [-0.25, -0.2) is 0 Å². The Balaban J connectivity index is 2.82. The number of carbonyl (C=O) groups is 1. The minimum absolute atomic E-state index is 0.00984. The molecule has 2 heteroatoms. The Morgan fingerprint density at radius 1 is 1.22 bits per heavy atom. The van der Waals surface area contributed by atoms with Crippen LogP contribution < -0.4 is 5.32 Å². The van der Waals surface area contributed by atoms with E-state index in [1.165, 1.54) is 0 Å². The van der Waals surface area contributed by atoms with Crippen LogP contribution in [0, 0.1) is 5.41 Å². The summed E-state index contributed by atoms with van der Waals surface area (Å²) in [5.74, 6) is 0.160. The predicted octanol–water partition coefficient (Wildman–Crippen LogP) is 0.921. The van der Waals surface area contributed by atoms with Crippen LogP contribution in [0.5, 0.6) is 0 Å². The van der Waals surface area contributed by atoms with Gasteiger partial charge in [-0.15, -0.1) is 0 Å². The first kappa shape index (κ1) is 6.59. The summed E-state index contributed by atoms with van der Waals surface area (Å²) in [6.07, 6.45) is 0. The number of β-lactam (4-membered cyclic amide) rings is 1. The van der Waals surface area contributed by atoms with Crippen LogP contribution in [0.15, 0.2) is 0 Å². The normalized spacial score (nSPS) is 28.7. The summed E-state index contributed by atoms with van der Waals surface area (Å²) < 4.78 is 0. The third-order valence-corrected chi connectivity index (χ3v) is 2.56. The van der Waals surface area contributed by atoms with Crippen molar-refractivity contribution in [1.82, 2.24) is 5.32 Å². The van der Waals surface area contributed by atoms with Gasteiger partial charge >= 0.3 is 0 Å². The second-order valence-electron chi connectivity index (χ2n) is 3.70. The molecule has 1 aliphatic heterocycles. The summed E-state index contributed by atoms with van der Waals surface area (Å²) in [6.45, 7) is 8.00. The second-order valence-corrected chi connectivity index (χ2v) is 3.70. The van der Waals surface area contributed by atoms with Crippen LogP contribution in [-0.2, 0) is 4.79 Å². The molecule has 0 bridgehead atoms. The monoisotopic (exact) mass is 127 g/mol. The fourth-order valence-electron chi connectivity index (χ4n) is 0.818. The standard InChI is InChI=1S/C7H13NO/c1-6(2)5(9)8-7(6,3)4/h1-4H3,(H,8,9). The molecule has 9 heavy (non-hydrogen) atoms. The molecule has 0 saturated carbocycles. The van der Waals surface area contributed by atoms with Crippen molar-refractivity contribution in [3.05, 3.63) is 0 Å². The smallest absolute Gasteiger partial charge is 0.228 e. The average Bonchev–Trinajstić information content (AvgIpc) is 1.65. The summed E-state index contributed by atoms with van der Waals surface area (Å²) in [5, 5.41) is 2.83. The highest BCUT2D eigenvalue weighted by atomic mass is 16.2. The van der Waals surface area contributed by atoms with E-state index >= 15 is 0 Å². The summed E-state index contributed by atoms with van der Waals surface area (Å²) in [5.41, 5.74) is -0.183. The fraction of sp³-hybridized carbons (Fsp3) is 0.857. The zero-order chi connectivity index (χ0) is 7.28. The van der Waals surface area contributed by atoms with E-state index in [0.717, 1.165) is 0 Å². The molecule has 1 fully saturated rings. The van der Waals surface area contributed by atoms with Crippen molar-refractivity contribution in [3.8, 4) is 0 Å². The minimum atomic E-state index is -0.174. The van der Waals surface area contributed by atoms with E-state index in [9.17, 15) is 4.79 Å². The van der Waals surface area contributed by atoms with E-state index in [1.807, 2.05) is 27.7 Å². The van der Waals surface area contributed by atoms with Gasteiger partial charge in [0.25, 0.3) is 0 Å². The number of hydrogen-bond acceptors (Lipinski definition) is 1. The second kappa shape index (κ2) is 1.31. The Kier molecular flexibility index (Phi) is 0.956. The highest BCUT2D eigenvalue weighted by molar-refractivity contribution is 5.90. The average molecular weight is 127 g/mol. The fourth-order valence-corrected chi connectivity index (χ4v) is 0.818. The first-order valence-corrected chi connectivity index (χ1v) is 3.20. The first-order valence-electron chi connectivity index (χ1n) is 3.20. The molecule has 0 aromatic carbocycles. The van der Waals surface area contributed by atoms with Gasteiger partial charge in [-0.3, -0.25) is 4.79 Å². The molecular formula is C7H13NO. The van der Waals surface area contributed by atoms with E-state index in [0.29, 0.717) is 0 Å². The summed E-state index contributed by atoms with van der Waals surface area (Å²) in [6, 6.07) is 0. The molecule has 0 spiro atoms. The van der Waals surface area contributed by atoms with Crippen molar-refractivity contribution in [3.63, 3.8) is 0 Å². The van der Waals surface area contributed by atoms with Crippen molar-refractivity contribution in [2.75, 3.05) is 0 Å². The van der Waals surface area contributed by atoms with Gasteiger partial charge in [0.1, 0.15) is 0 Å². The van der Waals surface area contributed by atoms with E-state index in [1.54, 1.807) is 0 Å². The highest BCUT2D eigenvalue weighted by Gasteiger charge is 2.53. The maximum atomic E-state index is 10.9. The van der Waals surface area contributed by atoms with Crippen molar-refractivity contribution in [1.29, 1.82) is 0 Å². The van der Waals surface area contributed by atoms with Crippen LogP contribution >= 0.6 is 0 Å². The Morgan fingerprint density at radius 2 is 1.67 bits per heavy atom. The van der Waals surface area contributed by atoms with Gasteiger partial charge in [0, 0.05) is 5.54 Å². The lowest BCUT2D eigenvalue weighted by molar-refractivity contribution is -0.149. The molecule has 1 amide bonds. The van der Waals surface area contributed by atoms with Gasteiger partial charge in [0.05, 0.1) is 5.41 Å². The Morgan fingerprint density at radius 3 is 1.67 bits per heavy atom. The number of hydrogen-bond donors (Lipinski definition) is 1. The topological polar surface area (TPSA) is 29.1 Å². The minimum Gasteiger partial charge on any atom is -0.350 e. The summed E-state index contributed by atoms with van der Waals surface area (Å²) >= 11 is 0. The van der Waals surface area contributed by atoms with Crippen LogP contribution in [0.1, 0.15) is 27.7 Å². The van der Waals surface area contributed by atoms with E-state index < -0.39 is 0 Å². The lowest BCUT2D eigenvalue weighted by Crippen LogP contribution is -2.71. The van der Waals surface area contributed by atoms with Gasteiger partial charge in [-0.1, -0.05) is 0 Å². The molecule has 2 nitrogen and oxygen atoms in total. The zero-order valence-electron chi connectivity index (χ0n) is 6.41. The maximum absolute atomic E-state index is 10.9. The molecule has 0 aliphatic carbocycles. The van der Waals surface area contributed by atoms with Gasteiger partial charge in [0.2, 0.25) is 5.91 Å². The molecule has 1 aliphatic rings. The van der Waals surface area contributed by atoms with Gasteiger partial charge in [-0.2, -0.15) is 0 Å². The van der Waals surface area contributed by atoms with Gasteiger partial charge in [0.15, 0.2) is 0 Å². The largest absolute Gasteiger partial charge is 0.350 e. The molecule has 1 N–H and O–H groups in total. The Labute approximate surface area is 55.6 Å². The molecule has 0 aromatic heterocycles. The zero-order valence-corrected chi connectivity index (χ0v) is 6.41. The molecule has 0 radical (unpaired) electrons. The number of carbonyl (C=O) groups excluding carboxylic acids is 1. The van der Waals surface area contributed by atoms with Crippen molar-refractivity contribution < 1.29 is 4.79 Å². The third-order valence-electron chi connectivity index (χ3n) is 2.56. The molecule has 0 unspecified atom stereocenters. The predicted molar refractivity (Wildman–Crippen MR) is 36.0 cm³/mol. The Hall–Kier alpha value is -0.530. The summed E-state index contributed by atoms with van der Waals surface area (Å²) in [7, 11) is 0. The SMILES string of the molecule is CC1(C)NC(=O)C1(C)C. The summed E-state index contributed by atoms with van der Waals surface area (Å²) in [4.78, 5) is 10.9. The van der Waals surface area contributed by atoms with Crippen LogP contribution in [0.3, 0.4) is 0 Å². The maximum Gasteiger partial charge on any atom is 0.228 e. The van der Waals surface area contributed by atoms with E-state index in [4.69, 9.17) is 0 Å². The van der Waals surface area contributed by atoms with Crippen molar-refractivity contribution >= 4 is 5.91 Å². The van der Waals surface area contributed by atoms with Gasteiger partial charge < -0.3 is 5.32 Å². The van der Waals surface area contributed by atoms with Crippen LogP contribution in [0.2, 0.25) is 0 Å². The molecule has 0 aromatic rings. The molecule has 1 saturated heterocycles. The van der Waals surface area contributed by atoms with Crippen molar-refractivity contribution in [2.45, 2.75) is 33.2 Å². The molecule has 1 heterocycles. The lowest BCUT2D eigenvalue weighted by atomic mass is 9.67. The van der Waals surface area contributed by atoms with Crippen LogP contribution in [-0.4, -0.2) is 11.4 Å². The number of amides is 1. The number of rotatable bonds is 0. The van der Waals surface area contributed by atoms with Gasteiger partial charge in [-0.05, 0) is 27.7 Å². The molecule has 52 valence electrons. The lowest BCUT2D eigenvalue weighted by Gasteiger charge is -2.51. The highest BCUT2D eigenvalue weighted by Crippen LogP contribution is 2.38.